The monoisotopic (exact) mass is 362 g/mol. The number of ketones is 1. The van der Waals surface area contributed by atoms with E-state index in [9.17, 15) is 9.59 Å². The van der Waals surface area contributed by atoms with Gasteiger partial charge in [0.1, 0.15) is 0 Å². The Kier molecular flexibility index (Phi) is 6.39. The van der Waals surface area contributed by atoms with Gasteiger partial charge in [0.2, 0.25) is 0 Å². The molecule has 0 amide bonds. The molecule has 2 N–H and O–H groups in total. The lowest BCUT2D eigenvalue weighted by Gasteiger charge is -2.14. The Bertz CT molecular complexity index is 766. The first-order valence-corrected chi connectivity index (χ1v) is 8.61. The zero-order valence-corrected chi connectivity index (χ0v) is 15.7. The first-order valence-electron chi connectivity index (χ1n) is 8.23. The van der Waals surface area contributed by atoms with Gasteiger partial charge in [-0.25, -0.2) is 4.79 Å². The molecular formula is C19H23ClN2O3. The van der Waals surface area contributed by atoms with Crippen LogP contribution < -0.4 is 5.32 Å². The lowest BCUT2D eigenvalue weighted by molar-refractivity contribution is 0.0522. The Hall–Kier alpha value is -2.11. The number of carbonyl (C=O) groups is 2. The van der Waals surface area contributed by atoms with E-state index in [4.69, 9.17) is 16.3 Å². The van der Waals surface area contributed by atoms with Gasteiger partial charge in [-0.1, -0.05) is 23.7 Å². The molecule has 1 atom stereocenters. The number of hydrogen-bond acceptors (Lipinski definition) is 4. The molecule has 0 saturated carbocycles. The number of esters is 1. The van der Waals surface area contributed by atoms with Gasteiger partial charge in [-0.2, -0.15) is 0 Å². The lowest BCUT2D eigenvalue weighted by Crippen LogP contribution is -2.27. The first kappa shape index (κ1) is 19.2. The largest absolute Gasteiger partial charge is 0.462 e. The van der Waals surface area contributed by atoms with E-state index in [2.05, 4.69) is 10.3 Å². The molecule has 0 aliphatic carbocycles. The number of benzene rings is 1. The van der Waals surface area contributed by atoms with Crippen LogP contribution in [0.5, 0.6) is 0 Å². The Labute approximate surface area is 152 Å². The van der Waals surface area contributed by atoms with Crippen LogP contribution in [0.2, 0.25) is 5.02 Å². The summed E-state index contributed by atoms with van der Waals surface area (Å²) in [7, 11) is 0. The van der Waals surface area contributed by atoms with Crippen molar-refractivity contribution in [3.05, 3.63) is 57.4 Å². The number of hydrogen-bond donors (Lipinski definition) is 2. The minimum absolute atomic E-state index is 0.0207. The molecule has 1 heterocycles. The summed E-state index contributed by atoms with van der Waals surface area (Å²) >= 11 is 5.89. The number of nitrogens with one attached hydrogen (secondary N) is 2. The highest BCUT2D eigenvalue weighted by atomic mass is 35.5. The molecule has 0 fully saturated rings. The first-order chi connectivity index (χ1) is 11.8. The van der Waals surface area contributed by atoms with Crippen LogP contribution in [0, 0.1) is 13.8 Å². The quantitative estimate of drug-likeness (QED) is 0.577. The summed E-state index contributed by atoms with van der Waals surface area (Å²) in [5, 5.41) is 3.86. The molecule has 134 valence electrons. The van der Waals surface area contributed by atoms with Gasteiger partial charge >= 0.3 is 5.97 Å². The van der Waals surface area contributed by atoms with Crippen LogP contribution in [0.1, 0.15) is 57.6 Å². The third-order valence-corrected chi connectivity index (χ3v) is 4.32. The number of H-pyrrole nitrogens is 1. The topological polar surface area (TPSA) is 71.2 Å². The number of Topliss-reactive ketones (excluding diaryl/α,β-unsaturated/α-hetero) is 1. The molecule has 5 nitrogen and oxygen atoms in total. The molecule has 0 unspecified atom stereocenters. The van der Waals surface area contributed by atoms with E-state index in [1.54, 1.807) is 20.8 Å². The lowest BCUT2D eigenvalue weighted by atomic mass is 10.0. The average Bonchev–Trinajstić information content (AvgIpc) is 2.87. The van der Waals surface area contributed by atoms with Gasteiger partial charge in [-0.3, -0.25) is 4.79 Å². The highest BCUT2D eigenvalue weighted by molar-refractivity contribution is 6.30. The number of aromatic nitrogens is 1. The molecular weight excluding hydrogens is 340 g/mol. The molecule has 0 spiro atoms. The van der Waals surface area contributed by atoms with Gasteiger partial charge in [-0.15, -0.1) is 0 Å². The van der Waals surface area contributed by atoms with Crippen LogP contribution in [0.4, 0.5) is 0 Å². The van der Waals surface area contributed by atoms with Crippen molar-refractivity contribution < 1.29 is 14.3 Å². The highest BCUT2D eigenvalue weighted by Crippen LogP contribution is 2.21. The number of carbonyl (C=O) groups excluding carboxylic acids is 2. The van der Waals surface area contributed by atoms with Crippen LogP contribution in [0.15, 0.2) is 24.3 Å². The summed E-state index contributed by atoms with van der Waals surface area (Å²) in [5.74, 6) is -0.621. The number of rotatable bonds is 7. The summed E-state index contributed by atoms with van der Waals surface area (Å²) in [6, 6.07) is 7.44. The maximum atomic E-state index is 12.7. The van der Waals surface area contributed by atoms with Crippen molar-refractivity contribution in [2.45, 2.75) is 33.7 Å². The number of halogens is 1. The van der Waals surface area contributed by atoms with Crippen LogP contribution in [-0.4, -0.2) is 29.9 Å². The summed E-state index contributed by atoms with van der Waals surface area (Å²) in [4.78, 5) is 27.9. The van der Waals surface area contributed by atoms with E-state index in [1.165, 1.54) is 0 Å². The van der Waals surface area contributed by atoms with Gasteiger partial charge < -0.3 is 15.0 Å². The van der Waals surface area contributed by atoms with Crippen LogP contribution >= 0.6 is 11.6 Å². The molecule has 1 aromatic carbocycles. The molecule has 0 aliphatic rings. The molecule has 0 bridgehead atoms. The summed E-state index contributed by atoms with van der Waals surface area (Å²) in [6.07, 6.45) is 0. The summed E-state index contributed by atoms with van der Waals surface area (Å²) in [6.45, 7) is 7.64. The fourth-order valence-corrected chi connectivity index (χ4v) is 2.92. The molecule has 2 aromatic rings. The van der Waals surface area contributed by atoms with Gasteiger partial charge in [-0.05, 0) is 45.4 Å². The fraction of sp³-hybridized carbons (Fsp3) is 0.368. The Morgan fingerprint density at radius 3 is 2.36 bits per heavy atom. The minimum atomic E-state index is -0.474. The Morgan fingerprint density at radius 1 is 1.16 bits per heavy atom. The number of aromatic amines is 1. The average molecular weight is 363 g/mol. The van der Waals surface area contributed by atoms with Gasteiger partial charge in [0.05, 0.1) is 24.3 Å². The second-order valence-electron chi connectivity index (χ2n) is 5.92. The van der Waals surface area contributed by atoms with Gasteiger partial charge in [0, 0.05) is 22.5 Å². The normalized spacial score (nSPS) is 12.0. The fourth-order valence-electron chi connectivity index (χ4n) is 2.79. The van der Waals surface area contributed by atoms with Crippen LogP contribution in [0.25, 0.3) is 0 Å². The molecule has 25 heavy (non-hydrogen) atoms. The minimum Gasteiger partial charge on any atom is -0.462 e. The Balaban J connectivity index is 2.13. The van der Waals surface area contributed by atoms with Crippen molar-refractivity contribution in [1.82, 2.24) is 10.3 Å². The zero-order chi connectivity index (χ0) is 18.6. The van der Waals surface area contributed by atoms with E-state index < -0.39 is 5.97 Å². The van der Waals surface area contributed by atoms with Crippen molar-refractivity contribution >= 4 is 23.4 Å². The maximum absolute atomic E-state index is 12.7. The predicted molar refractivity (Wildman–Crippen MR) is 98.4 cm³/mol. The molecule has 6 heteroatoms. The Morgan fingerprint density at radius 2 is 1.76 bits per heavy atom. The predicted octanol–water partition coefficient (Wildman–Crippen LogP) is 4.00. The second-order valence-corrected chi connectivity index (χ2v) is 6.36. The van der Waals surface area contributed by atoms with E-state index in [0.717, 1.165) is 5.56 Å². The maximum Gasteiger partial charge on any atom is 0.340 e. The van der Waals surface area contributed by atoms with E-state index >= 15 is 0 Å². The smallest absolute Gasteiger partial charge is 0.340 e. The van der Waals surface area contributed by atoms with Crippen LogP contribution in [-0.2, 0) is 4.74 Å². The van der Waals surface area contributed by atoms with E-state index in [0.29, 0.717) is 27.5 Å². The van der Waals surface area contributed by atoms with Crippen molar-refractivity contribution in [3.63, 3.8) is 0 Å². The zero-order valence-electron chi connectivity index (χ0n) is 14.9. The van der Waals surface area contributed by atoms with Gasteiger partial charge in [0.15, 0.2) is 5.78 Å². The summed E-state index contributed by atoms with van der Waals surface area (Å²) in [5.41, 5.74) is 3.07. The molecule has 1 aromatic heterocycles. The van der Waals surface area contributed by atoms with E-state index in [1.807, 2.05) is 31.2 Å². The third kappa shape index (κ3) is 4.50. The number of ether oxygens (including phenoxy) is 1. The molecule has 0 saturated heterocycles. The molecule has 0 aliphatic heterocycles. The number of aryl methyl sites for hydroxylation is 2. The molecule has 0 radical (unpaired) electrons. The van der Waals surface area contributed by atoms with Crippen LogP contribution in [0.3, 0.4) is 0 Å². The van der Waals surface area contributed by atoms with Crippen molar-refractivity contribution in [2.24, 2.45) is 0 Å². The second kappa shape index (κ2) is 8.32. The van der Waals surface area contributed by atoms with Crippen molar-refractivity contribution in [1.29, 1.82) is 0 Å². The van der Waals surface area contributed by atoms with Crippen molar-refractivity contribution in [2.75, 3.05) is 13.2 Å². The van der Waals surface area contributed by atoms with Crippen molar-refractivity contribution in [3.8, 4) is 0 Å². The standard InChI is InChI=1S/C19H23ClN2O3/c1-5-25-19(24)18-13(4)22-12(3)17(18)16(23)10-21-11(2)14-6-8-15(20)9-7-14/h6-9,11,21-22H,5,10H2,1-4H3/t11-/m0/s1. The van der Waals surface area contributed by atoms with Gasteiger partial charge in [0.25, 0.3) is 0 Å². The third-order valence-electron chi connectivity index (χ3n) is 4.07. The van der Waals surface area contributed by atoms with E-state index in [-0.39, 0.29) is 25.0 Å². The SMILES string of the molecule is CCOC(=O)c1c(C)[nH]c(C)c1C(=O)CN[C@@H](C)c1ccc(Cl)cc1. The molecule has 2 rings (SSSR count). The highest BCUT2D eigenvalue weighted by Gasteiger charge is 2.25. The summed E-state index contributed by atoms with van der Waals surface area (Å²) < 4.78 is 5.07.